The van der Waals surface area contributed by atoms with Crippen LogP contribution in [-0.4, -0.2) is 16.0 Å². The third-order valence-electron chi connectivity index (χ3n) is 4.76. The molecule has 0 radical (unpaired) electrons. The fourth-order valence-electron chi connectivity index (χ4n) is 3.34. The second-order valence-electron chi connectivity index (χ2n) is 6.76. The van der Waals surface area contributed by atoms with Crippen LogP contribution < -0.4 is 5.73 Å². The van der Waals surface area contributed by atoms with Crippen molar-refractivity contribution in [1.82, 2.24) is 10.1 Å². The van der Waals surface area contributed by atoms with Gasteiger partial charge in [-0.15, -0.1) is 0 Å². The highest BCUT2D eigenvalue weighted by molar-refractivity contribution is 9.10. The smallest absolute Gasteiger partial charge is 0.270 e. The van der Waals surface area contributed by atoms with E-state index in [1.54, 1.807) is 0 Å². The number of nitrogens with zero attached hydrogens (tertiary/aromatic N) is 1. The summed E-state index contributed by atoms with van der Waals surface area (Å²) in [5, 5.41) is 4.56. The minimum Gasteiger partial charge on any atom is -0.364 e. The molecule has 0 saturated carbocycles. The van der Waals surface area contributed by atoms with Crippen molar-refractivity contribution in [3.05, 3.63) is 86.8 Å². The predicted octanol–water partition coefficient (Wildman–Crippen LogP) is 4.67. The molecular weight excluding hydrogens is 444 g/mol. The first kappa shape index (κ1) is 19.3. The van der Waals surface area contributed by atoms with Gasteiger partial charge in [0.2, 0.25) is 0 Å². The first-order valence-electron chi connectivity index (χ1n) is 8.88. The van der Waals surface area contributed by atoms with Gasteiger partial charge >= 0.3 is 0 Å². The summed E-state index contributed by atoms with van der Waals surface area (Å²) in [6, 6.07) is 9.55. The Kier molecular flexibility index (Phi) is 5.19. The first-order chi connectivity index (χ1) is 13.9. The summed E-state index contributed by atoms with van der Waals surface area (Å²) in [6.45, 7) is 0. The number of primary amides is 1. The summed E-state index contributed by atoms with van der Waals surface area (Å²) in [7, 11) is 0. The summed E-state index contributed by atoms with van der Waals surface area (Å²) in [5.41, 5.74) is 7.50. The average molecular weight is 460 g/mol. The van der Waals surface area contributed by atoms with Gasteiger partial charge in [-0.1, -0.05) is 21.1 Å². The van der Waals surface area contributed by atoms with Crippen molar-refractivity contribution in [2.45, 2.75) is 19.3 Å². The molecular formula is C21H16BrF2N3O2. The molecule has 0 aliphatic rings. The van der Waals surface area contributed by atoms with E-state index < -0.39 is 17.5 Å². The van der Waals surface area contributed by atoms with E-state index >= 15 is 0 Å². The largest absolute Gasteiger partial charge is 0.364 e. The molecule has 0 fully saturated rings. The summed E-state index contributed by atoms with van der Waals surface area (Å²) >= 11 is 3.45. The van der Waals surface area contributed by atoms with Crippen LogP contribution in [0, 0.1) is 11.6 Å². The highest BCUT2D eigenvalue weighted by Gasteiger charge is 2.16. The van der Waals surface area contributed by atoms with Gasteiger partial charge in [0.1, 0.15) is 17.4 Å². The molecule has 0 aliphatic carbocycles. The maximum absolute atomic E-state index is 15.0. The Bertz CT molecular complexity index is 1220. The second kappa shape index (κ2) is 7.79. The van der Waals surface area contributed by atoms with Gasteiger partial charge in [0, 0.05) is 34.1 Å². The molecule has 0 saturated heterocycles. The molecule has 148 valence electrons. The van der Waals surface area contributed by atoms with E-state index in [1.807, 2.05) is 24.4 Å². The van der Waals surface area contributed by atoms with Crippen LogP contribution in [0.1, 0.15) is 32.9 Å². The van der Waals surface area contributed by atoms with Crippen LogP contribution in [0.5, 0.6) is 0 Å². The Morgan fingerprint density at radius 2 is 1.86 bits per heavy atom. The molecule has 0 atom stereocenters. The standard InChI is InChI=1S/C21H16BrF2N3O2/c22-14-3-4-18-17(8-14)12(10-26-18)2-1-11-5-15(23)6-13(20(11)24)7-16-9-19(21(25)28)27-29-16/h3-6,8-10,26H,1-2,7H2,(H2,25,28). The van der Waals surface area contributed by atoms with Gasteiger partial charge < -0.3 is 15.2 Å². The number of hydrogen-bond donors (Lipinski definition) is 2. The number of nitrogens with two attached hydrogens (primary N) is 1. The van der Waals surface area contributed by atoms with Crippen LogP contribution in [0.25, 0.3) is 10.9 Å². The van der Waals surface area contributed by atoms with Crippen LogP contribution in [0.3, 0.4) is 0 Å². The zero-order valence-electron chi connectivity index (χ0n) is 15.1. The number of carbonyl (C=O) groups is 1. The van der Waals surface area contributed by atoms with Crippen LogP contribution in [0.2, 0.25) is 0 Å². The first-order valence-corrected chi connectivity index (χ1v) is 9.67. The normalized spacial score (nSPS) is 11.3. The highest BCUT2D eigenvalue weighted by atomic mass is 79.9. The number of fused-ring (bicyclic) bond motifs is 1. The molecule has 1 amide bonds. The molecule has 0 bridgehead atoms. The molecule has 2 aromatic heterocycles. The van der Waals surface area contributed by atoms with Gasteiger partial charge in [0.15, 0.2) is 5.69 Å². The minimum absolute atomic E-state index is 0.0308. The number of nitrogens with one attached hydrogen (secondary N) is 1. The van der Waals surface area contributed by atoms with E-state index in [0.717, 1.165) is 27.0 Å². The predicted molar refractivity (Wildman–Crippen MR) is 108 cm³/mol. The average Bonchev–Trinajstić information content (AvgIpc) is 3.30. The van der Waals surface area contributed by atoms with Gasteiger partial charge in [-0.2, -0.15) is 0 Å². The second-order valence-corrected chi connectivity index (χ2v) is 7.68. The van der Waals surface area contributed by atoms with Crippen molar-refractivity contribution in [1.29, 1.82) is 0 Å². The Balaban J connectivity index is 1.57. The number of halogens is 3. The number of benzene rings is 2. The summed E-state index contributed by atoms with van der Waals surface area (Å²) in [4.78, 5) is 14.3. The van der Waals surface area contributed by atoms with Gasteiger partial charge in [-0.25, -0.2) is 8.78 Å². The van der Waals surface area contributed by atoms with E-state index in [9.17, 15) is 13.6 Å². The molecule has 29 heavy (non-hydrogen) atoms. The van der Waals surface area contributed by atoms with Crippen molar-refractivity contribution in [2.75, 3.05) is 0 Å². The summed E-state index contributed by atoms with van der Waals surface area (Å²) in [5.74, 6) is -1.54. The van der Waals surface area contributed by atoms with Crippen molar-refractivity contribution in [2.24, 2.45) is 5.73 Å². The zero-order chi connectivity index (χ0) is 20.5. The minimum atomic E-state index is -0.745. The monoisotopic (exact) mass is 459 g/mol. The molecule has 3 N–H and O–H groups in total. The van der Waals surface area contributed by atoms with Crippen molar-refractivity contribution in [3.8, 4) is 0 Å². The number of amides is 1. The number of hydrogen-bond acceptors (Lipinski definition) is 3. The lowest BCUT2D eigenvalue weighted by molar-refractivity contribution is 0.0991. The Labute approximate surface area is 173 Å². The van der Waals surface area contributed by atoms with E-state index in [4.69, 9.17) is 10.3 Å². The van der Waals surface area contributed by atoms with Gasteiger partial charge in [-0.3, -0.25) is 4.79 Å². The van der Waals surface area contributed by atoms with Crippen molar-refractivity contribution < 1.29 is 18.1 Å². The summed E-state index contributed by atoms with van der Waals surface area (Å²) in [6.07, 6.45) is 2.73. The molecule has 4 aromatic rings. The number of aryl methyl sites for hydroxylation is 2. The van der Waals surface area contributed by atoms with Gasteiger partial charge in [0.25, 0.3) is 5.91 Å². The van der Waals surface area contributed by atoms with Crippen molar-refractivity contribution in [3.63, 3.8) is 0 Å². The molecule has 0 unspecified atom stereocenters. The topological polar surface area (TPSA) is 84.9 Å². The maximum atomic E-state index is 15.0. The van der Waals surface area contributed by atoms with Crippen LogP contribution in [-0.2, 0) is 19.3 Å². The number of rotatable bonds is 6. The van der Waals surface area contributed by atoms with Gasteiger partial charge in [0.05, 0.1) is 0 Å². The Hall–Kier alpha value is -3.00. The lowest BCUT2D eigenvalue weighted by atomic mass is 9.99. The zero-order valence-corrected chi connectivity index (χ0v) is 16.7. The number of aromatic amines is 1. The number of H-pyrrole nitrogens is 1. The van der Waals surface area contributed by atoms with E-state index in [2.05, 4.69) is 26.1 Å². The van der Waals surface area contributed by atoms with Crippen LogP contribution in [0.4, 0.5) is 8.78 Å². The lowest BCUT2D eigenvalue weighted by Gasteiger charge is -2.08. The Morgan fingerprint density at radius 3 is 2.62 bits per heavy atom. The quantitative estimate of drug-likeness (QED) is 0.439. The molecule has 0 aliphatic heterocycles. The Morgan fingerprint density at radius 1 is 1.10 bits per heavy atom. The molecule has 4 rings (SSSR count). The third kappa shape index (κ3) is 4.07. The molecule has 0 spiro atoms. The van der Waals surface area contributed by atoms with Crippen LogP contribution in [0.15, 0.2) is 51.6 Å². The van der Waals surface area contributed by atoms with Crippen LogP contribution >= 0.6 is 15.9 Å². The molecule has 5 nitrogen and oxygen atoms in total. The molecule has 8 heteroatoms. The van der Waals surface area contributed by atoms with Gasteiger partial charge in [-0.05, 0) is 59.9 Å². The number of carbonyl (C=O) groups excluding carboxylic acids is 1. The third-order valence-corrected chi connectivity index (χ3v) is 5.25. The highest BCUT2D eigenvalue weighted by Crippen LogP contribution is 2.25. The van der Waals surface area contributed by atoms with E-state index in [1.165, 1.54) is 12.1 Å². The maximum Gasteiger partial charge on any atom is 0.270 e. The fourth-order valence-corrected chi connectivity index (χ4v) is 3.71. The molecule has 2 heterocycles. The van der Waals surface area contributed by atoms with E-state index in [0.29, 0.717) is 12.8 Å². The summed E-state index contributed by atoms with van der Waals surface area (Å²) < 4.78 is 35.0. The SMILES string of the molecule is NC(=O)c1cc(Cc2cc(F)cc(CCc3c[nH]c4ccc(Br)cc34)c2F)on1. The van der Waals surface area contributed by atoms with E-state index in [-0.39, 0.29) is 29.0 Å². The number of aromatic nitrogens is 2. The molecule has 2 aromatic carbocycles. The lowest BCUT2D eigenvalue weighted by Crippen LogP contribution is -2.10. The fraction of sp³-hybridized carbons (Fsp3) is 0.143. The van der Waals surface area contributed by atoms with Crippen molar-refractivity contribution >= 4 is 32.7 Å².